The quantitative estimate of drug-likeness (QED) is 0.581. The van der Waals surface area contributed by atoms with Crippen LogP contribution in [0.2, 0.25) is 0 Å². The molecule has 0 amide bonds. The lowest BCUT2D eigenvalue weighted by atomic mass is 9.89. The topological polar surface area (TPSA) is 78.5 Å². The fourth-order valence-electron chi connectivity index (χ4n) is 3.75. The molecule has 1 aliphatic rings. The van der Waals surface area contributed by atoms with Gasteiger partial charge in [-0.1, -0.05) is 24.3 Å². The summed E-state index contributed by atoms with van der Waals surface area (Å²) in [5.74, 6) is -0.933. The van der Waals surface area contributed by atoms with Gasteiger partial charge >= 0.3 is 6.18 Å². The van der Waals surface area contributed by atoms with Crippen LogP contribution in [0, 0.1) is 5.82 Å². The van der Waals surface area contributed by atoms with Gasteiger partial charge in [0.05, 0.1) is 25.5 Å². The number of halogens is 4. The summed E-state index contributed by atoms with van der Waals surface area (Å²) in [5.41, 5.74) is -3.60. The number of hydrogen-bond donors (Lipinski definition) is 3. The molecule has 0 fully saturated rings. The SMILES string of the molecule is OC[C@H](O)Cn1cc(-c2cc(F)cc3c2-c2ccccc2C3(O)C(F)(F)F)cn1. The van der Waals surface area contributed by atoms with Gasteiger partial charge in [-0.2, -0.15) is 18.3 Å². The maximum atomic E-state index is 14.4. The number of rotatable bonds is 4. The van der Waals surface area contributed by atoms with E-state index in [0.29, 0.717) is 11.6 Å². The highest BCUT2D eigenvalue weighted by atomic mass is 19.4. The fourth-order valence-corrected chi connectivity index (χ4v) is 3.75. The van der Waals surface area contributed by atoms with Crippen molar-refractivity contribution >= 4 is 0 Å². The molecule has 9 heteroatoms. The van der Waals surface area contributed by atoms with E-state index in [2.05, 4.69) is 5.10 Å². The fraction of sp³-hybridized carbons (Fsp3) is 0.250. The molecule has 1 aromatic heterocycles. The Kier molecular flexibility index (Phi) is 4.49. The van der Waals surface area contributed by atoms with Crippen molar-refractivity contribution in [1.29, 1.82) is 0 Å². The van der Waals surface area contributed by atoms with E-state index in [1.807, 2.05) is 0 Å². The third-order valence-electron chi connectivity index (χ3n) is 5.04. The lowest BCUT2D eigenvalue weighted by Gasteiger charge is -2.28. The molecule has 152 valence electrons. The molecule has 0 spiro atoms. The zero-order valence-corrected chi connectivity index (χ0v) is 14.9. The van der Waals surface area contributed by atoms with E-state index in [0.717, 1.165) is 6.07 Å². The van der Waals surface area contributed by atoms with E-state index >= 15 is 0 Å². The highest BCUT2D eigenvalue weighted by molar-refractivity contribution is 5.92. The molecule has 1 unspecified atom stereocenters. The minimum atomic E-state index is -5.06. The summed E-state index contributed by atoms with van der Waals surface area (Å²) in [6.45, 7) is -0.534. The molecule has 1 heterocycles. The van der Waals surface area contributed by atoms with Gasteiger partial charge < -0.3 is 15.3 Å². The zero-order chi connectivity index (χ0) is 21.0. The number of benzene rings is 2. The molecule has 0 radical (unpaired) electrons. The normalized spacial score (nSPS) is 19.1. The molecule has 29 heavy (non-hydrogen) atoms. The Hall–Kier alpha value is -2.75. The monoisotopic (exact) mass is 408 g/mol. The molecule has 2 atom stereocenters. The van der Waals surface area contributed by atoms with E-state index in [9.17, 15) is 27.8 Å². The zero-order valence-electron chi connectivity index (χ0n) is 14.9. The van der Waals surface area contributed by atoms with Crippen LogP contribution in [0.25, 0.3) is 22.3 Å². The number of aliphatic hydroxyl groups is 3. The Morgan fingerprint density at radius 1 is 1.10 bits per heavy atom. The first-order chi connectivity index (χ1) is 13.7. The number of fused-ring (bicyclic) bond motifs is 3. The van der Waals surface area contributed by atoms with Gasteiger partial charge in [0.25, 0.3) is 0 Å². The van der Waals surface area contributed by atoms with Gasteiger partial charge in [-0.05, 0) is 28.8 Å². The third-order valence-corrected chi connectivity index (χ3v) is 5.04. The first kappa shape index (κ1) is 19.6. The second-order valence-electron chi connectivity index (χ2n) is 6.92. The summed E-state index contributed by atoms with van der Waals surface area (Å²) in [5, 5.41) is 33.2. The molecule has 0 aliphatic heterocycles. The summed E-state index contributed by atoms with van der Waals surface area (Å²) in [6.07, 6.45) is -3.37. The Morgan fingerprint density at radius 3 is 2.52 bits per heavy atom. The van der Waals surface area contributed by atoms with Gasteiger partial charge in [0.15, 0.2) is 0 Å². The van der Waals surface area contributed by atoms with Crippen LogP contribution < -0.4 is 0 Å². The van der Waals surface area contributed by atoms with E-state index in [4.69, 9.17) is 5.11 Å². The molecular weight excluding hydrogens is 392 g/mol. The second-order valence-corrected chi connectivity index (χ2v) is 6.92. The lowest BCUT2D eigenvalue weighted by molar-refractivity contribution is -0.246. The largest absolute Gasteiger partial charge is 0.425 e. The van der Waals surface area contributed by atoms with E-state index in [1.54, 1.807) is 6.07 Å². The molecule has 4 rings (SSSR count). The van der Waals surface area contributed by atoms with Crippen molar-refractivity contribution in [3.05, 3.63) is 65.7 Å². The highest BCUT2D eigenvalue weighted by Gasteiger charge is 2.61. The Labute approximate surface area is 162 Å². The molecule has 5 nitrogen and oxygen atoms in total. The van der Waals surface area contributed by atoms with E-state index < -0.39 is 35.9 Å². The Morgan fingerprint density at radius 2 is 1.83 bits per heavy atom. The van der Waals surface area contributed by atoms with Crippen LogP contribution in [-0.2, 0) is 12.1 Å². The van der Waals surface area contributed by atoms with Gasteiger partial charge in [-0.25, -0.2) is 4.39 Å². The first-order valence-corrected chi connectivity index (χ1v) is 8.71. The van der Waals surface area contributed by atoms with E-state index in [1.165, 1.54) is 35.3 Å². The van der Waals surface area contributed by atoms with Crippen LogP contribution in [0.4, 0.5) is 17.6 Å². The van der Waals surface area contributed by atoms with Crippen molar-refractivity contribution in [2.24, 2.45) is 0 Å². The molecular formula is C20H16F4N2O3. The number of aromatic nitrogens is 2. The summed E-state index contributed by atoms with van der Waals surface area (Å²) < 4.78 is 57.4. The molecule has 0 saturated carbocycles. The van der Waals surface area contributed by atoms with Crippen molar-refractivity contribution in [2.75, 3.05) is 6.61 Å². The van der Waals surface area contributed by atoms with Gasteiger partial charge in [0.2, 0.25) is 5.60 Å². The average molecular weight is 408 g/mol. The predicted molar refractivity (Wildman–Crippen MR) is 95.2 cm³/mol. The third kappa shape index (κ3) is 2.93. The van der Waals surface area contributed by atoms with E-state index in [-0.39, 0.29) is 28.8 Å². The van der Waals surface area contributed by atoms with Crippen molar-refractivity contribution in [2.45, 2.75) is 24.4 Å². The standard InChI is InChI=1S/C20H16F4N2O3/c21-12-5-15(11-7-25-26(8-11)9-13(28)10-27)18-14-3-1-2-4-16(14)19(29,17(18)6-12)20(22,23)24/h1-8,13,27-29H,9-10H2/t13-,19?/m1/s1. The van der Waals surface area contributed by atoms with Gasteiger partial charge in [-0.15, -0.1) is 0 Å². The van der Waals surface area contributed by atoms with Crippen LogP contribution in [0.5, 0.6) is 0 Å². The van der Waals surface area contributed by atoms with Crippen LogP contribution >= 0.6 is 0 Å². The molecule has 0 saturated heterocycles. The maximum absolute atomic E-state index is 14.4. The predicted octanol–water partition coefficient (Wildman–Crippen LogP) is 2.82. The number of alkyl halides is 3. The number of aliphatic hydroxyl groups excluding tert-OH is 2. The number of hydrogen-bond acceptors (Lipinski definition) is 4. The van der Waals surface area contributed by atoms with Crippen LogP contribution in [0.1, 0.15) is 11.1 Å². The lowest BCUT2D eigenvalue weighted by Crippen LogP contribution is -2.41. The van der Waals surface area contributed by atoms with Crippen molar-refractivity contribution in [1.82, 2.24) is 9.78 Å². The van der Waals surface area contributed by atoms with Crippen LogP contribution in [-0.4, -0.2) is 44.0 Å². The minimum Gasteiger partial charge on any atom is -0.394 e. The second kappa shape index (κ2) is 6.65. The summed E-state index contributed by atoms with van der Waals surface area (Å²) in [4.78, 5) is 0. The summed E-state index contributed by atoms with van der Waals surface area (Å²) in [6, 6.07) is 7.32. The molecule has 3 aromatic rings. The van der Waals surface area contributed by atoms with Gasteiger partial charge in [0.1, 0.15) is 5.82 Å². The highest BCUT2D eigenvalue weighted by Crippen LogP contribution is 2.57. The Balaban J connectivity index is 1.95. The minimum absolute atomic E-state index is 0.0446. The first-order valence-electron chi connectivity index (χ1n) is 8.71. The smallest absolute Gasteiger partial charge is 0.394 e. The molecule has 1 aliphatic carbocycles. The maximum Gasteiger partial charge on any atom is 0.425 e. The van der Waals surface area contributed by atoms with Crippen LogP contribution in [0.3, 0.4) is 0 Å². The molecule has 0 bridgehead atoms. The van der Waals surface area contributed by atoms with Crippen molar-refractivity contribution in [3.63, 3.8) is 0 Å². The van der Waals surface area contributed by atoms with Crippen molar-refractivity contribution < 1.29 is 32.9 Å². The van der Waals surface area contributed by atoms with Crippen molar-refractivity contribution in [3.8, 4) is 22.3 Å². The summed E-state index contributed by atoms with van der Waals surface area (Å²) >= 11 is 0. The summed E-state index contributed by atoms with van der Waals surface area (Å²) in [7, 11) is 0. The van der Waals surface area contributed by atoms with Gasteiger partial charge in [0, 0.05) is 22.9 Å². The average Bonchev–Trinajstić information content (AvgIpc) is 3.23. The van der Waals surface area contributed by atoms with Gasteiger partial charge in [-0.3, -0.25) is 4.68 Å². The Bertz CT molecular complexity index is 1080. The molecule has 3 N–H and O–H groups in total. The number of nitrogens with zero attached hydrogens (tertiary/aromatic N) is 2. The van der Waals surface area contributed by atoms with Crippen LogP contribution in [0.15, 0.2) is 48.8 Å². The molecule has 2 aromatic carbocycles.